The fourth-order valence-corrected chi connectivity index (χ4v) is 3.41. The maximum Gasteiger partial charge on any atom is 0.261 e. The van der Waals surface area contributed by atoms with Gasteiger partial charge in [0.05, 0.1) is 8.66 Å². The molecule has 2 N–H and O–H groups in total. The zero-order chi connectivity index (χ0) is 12.3. The monoisotopic (exact) mass is 316 g/mol. The van der Waals surface area contributed by atoms with Crippen LogP contribution < -0.4 is 10.6 Å². The van der Waals surface area contributed by atoms with Crippen molar-refractivity contribution < 1.29 is 4.79 Å². The molecule has 1 fully saturated rings. The Bertz CT molecular complexity index is 378. The highest BCUT2D eigenvalue weighted by molar-refractivity contribution is 9.11. The minimum Gasteiger partial charge on any atom is -0.347 e. The first kappa shape index (κ1) is 13.1. The molecular formula is C12H17BrN2OS. The van der Waals surface area contributed by atoms with E-state index in [0.717, 1.165) is 33.7 Å². The molecule has 1 saturated heterocycles. The Hall–Kier alpha value is -0.390. The Labute approximate surface area is 114 Å². The van der Waals surface area contributed by atoms with Crippen molar-refractivity contribution >= 4 is 33.2 Å². The number of nitrogens with one attached hydrogen (secondary N) is 2. The summed E-state index contributed by atoms with van der Waals surface area (Å²) in [5.41, 5.74) is 1.12. The van der Waals surface area contributed by atoms with Crippen molar-refractivity contribution in [1.29, 1.82) is 0 Å². The van der Waals surface area contributed by atoms with Crippen LogP contribution >= 0.6 is 27.3 Å². The molecule has 1 aliphatic rings. The van der Waals surface area contributed by atoms with Crippen molar-refractivity contribution in [3.8, 4) is 0 Å². The van der Waals surface area contributed by atoms with Crippen LogP contribution in [0, 0.1) is 6.92 Å². The van der Waals surface area contributed by atoms with Crippen LogP contribution in [0.2, 0.25) is 0 Å². The molecule has 1 amide bonds. The number of hydrogen-bond acceptors (Lipinski definition) is 3. The van der Waals surface area contributed by atoms with Crippen molar-refractivity contribution in [3.05, 3.63) is 20.3 Å². The van der Waals surface area contributed by atoms with Gasteiger partial charge in [-0.15, -0.1) is 11.3 Å². The van der Waals surface area contributed by atoms with Gasteiger partial charge in [-0.3, -0.25) is 4.79 Å². The predicted molar refractivity (Wildman–Crippen MR) is 74.7 cm³/mol. The van der Waals surface area contributed by atoms with Crippen LogP contribution in [0.3, 0.4) is 0 Å². The lowest BCUT2D eigenvalue weighted by molar-refractivity contribution is 0.0939. The molecule has 0 saturated carbocycles. The van der Waals surface area contributed by atoms with Crippen molar-refractivity contribution in [3.63, 3.8) is 0 Å². The molecule has 0 aromatic carbocycles. The maximum atomic E-state index is 12.0. The Morgan fingerprint density at radius 1 is 1.59 bits per heavy atom. The molecule has 17 heavy (non-hydrogen) atoms. The standard InChI is InChI=1S/C12H17BrN2OS/c1-8-6-10(17-11(8)13)12(16)15-9-4-2-3-5-14-7-9/h6,9,14H,2-5,7H2,1H3,(H,15,16). The second-order valence-electron chi connectivity index (χ2n) is 4.44. The predicted octanol–water partition coefficient (Wildman–Crippen LogP) is 2.69. The molecule has 2 rings (SSSR count). The molecule has 1 aliphatic heterocycles. The van der Waals surface area contributed by atoms with Crippen LogP contribution in [0.25, 0.3) is 0 Å². The molecule has 0 radical (unpaired) electrons. The van der Waals surface area contributed by atoms with Crippen LogP contribution in [0.5, 0.6) is 0 Å². The molecule has 0 aliphatic carbocycles. The van der Waals surface area contributed by atoms with Gasteiger partial charge in [0.15, 0.2) is 0 Å². The third-order valence-corrected chi connectivity index (χ3v) is 5.10. The number of hydrogen-bond donors (Lipinski definition) is 2. The van der Waals surface area contributed by atoms with Crippen LogP contribution in [0.15, 0.2) is 9.85 Å². The van der Waals surface area contributed by atoms with Crippen LogP contribution in [0.1, 0.15) is 34.5 Å². The summed E-state index contributed by atoms with van der Waals surface area (Å²) in [7, 11) is 0. The summed E-state index contributed by atoms with van der Waals surface area (Å²) in [4.78, 5) is 12.8. The summed E-state index contributed by atoms with van der Waals surface area (Å²) in [5, 5.41) is 6.45. The molecule has 1 aromatic rings. The number of thiophene rings is 1. The van der Waals surface area contributed by atoms with Gasteiger partial charge in [-0.1, -0.05) is 6.42 Å². The molecule has 1 atom stereocenters. The van der Waals surface area contributed by atoms with Crippen molar-refractivity contribution in [2.24, 2.45) is 0 Å². The second kappa shape index (κ2) is 5.98. The highest BCUT2D eigenvalue weighted by atomic mass is 79.9. The van der Waals surface area contributed by atoms with E-state index >= 15 is 0 Å². The summed E-state index contributed by atoms with van der Waals surface area (Å²) >= 11 is 4.95. The number of halogens is 1. The lowest BCUT2D eigenvalue weighted by Gasteiger charge is -2.15. The first-order valence-electron chi connectivity index (χ1n) is 5.94. The van der Waals surface area contributed by atoms with Gasteiger partial charge in [0, 0.05) is 12.6 Å². The largest absolute Gasteiger partial charge is 0.347 e. The summed E-state index contributed by atoms with van der Waals surface area (Å²) < 4.78 is 1.04. The third kappa shape index (κ3) is 3.53. The summed E-state index contributed by atoms with van der Waals surface area (Å²) in [5.74, 6) is 0.0532. The summed E-state index contributed by atoms with van der Waals surface area (Å²) in [6.07, 6.45) is 3.46. The van der Waals surface area contributed by atoms with E-state index in [1.54, 1.807) is 0 Å². The van der Waals surface area contributed by atoms with Gasteiger partial charge in [0.2, 0.25) is 0 Å². The van der Waals surface area contributed by atoms with Crippen LogP contribution in [0.4, 0.5) is 0 Å². The molecule has 2 heterocycles. The number of rotatable bonds is 2. The zero-order valence-corrected chi connectivity index (χ0v) is 12.3. The minimum absolute atomic E-state index is 0.0532. The van der Waals surface area contributed by atoms with E-state index in [4.69, 9.17) is 0 Å². The Morgan fingerprint density at radius 3 is 3.12 bits per heavy atom. The number of carbonyl (C=O) groups excluding carboxylic acids is 1. The van der Waals surface area contributed by atoms with Gasteiger partial charge in [-0.05, 0) is 53.9 Å². The Kier molecular flexibility index (Phi) is 4.59. The van der Waals surface area contributed by atoms with Crippen molar-refractivity contribution in [2.45, 2.75) is 32.2 Å². The third-order valence-electron chi connectivity index (χ3n) is 2.96. The first-order chi connectivity index (χ1) is 8.16. The Morgan fingerprint density at radius 2 is 2.41 bits per heavy atom. The number of amides is 1. The van der Waals surface area contributed by atoms with Crippen molar-refractivity contribution in [2.75, 3.05) is 13.1 Å². The average molecular weight is 317 g/mol. The van der Waals surface area contributed by atoms with E-state index in [2.05, 4.69) is 26.6 Å². The number of aryl methyl sites for hydroxylation is 1. The fourth-order valence-electron chi connectivity index (χ4n) is 1.97. The van der Waals surface area contributed by atoms with E-state index < -0.39 is 0 Å². The SMILES string of the molecule is Cc1cc(C(=O)NC2CCCCNC2)sc1Br. The van der Waals surface area contributed by atoms with E-state index in [0.29, 0.717) is 0 Å². The number of carbonyl (C=O) groups is 1. The van der Waals surface area contributed by atoms with E-state index in [1.165, 1.54) is 24.2 Å². The van der Waals surface area contributed by atoms with Gasteiger partial charge in [-0.25, -0.2) is 0 Å². The van der Waals surface area contributed by atoms with E-state index in [1.807, 2.05) is 13.0 Å². The highest BCUT2D eigenvalue weighted by Gasteiger charge is 2.17. The normalized spacial score (nSPS) is 20.9. The first-order valence-corrected chi connectivity index (χ1v) is 7.55. The quantitative estimate of drug-likeness (QED) is 0.880. The topological polar surface area (TPSA) is 41.1 Å². The van der Waals surface area contributed by atoms with Gasteiger partial charge in [0.1, 0.15) is 0 Å². The Balaban J connectivity index is 1.95. The van der Waals surface area contributed by atoms with Crippen LogP contribution in [-0.2, 0) is 0 Å². The van der Waals surface area contributed by atoms with Gasteiger partial charge < -0.3 is 10.6 Å². The van der Waals surface area contributed by atoms with Gasteiger partial charge >= 0.3 is 0 Å². The molecule has 94 valence electrons. The molecule has 3 nitrogen and oxygen atoms in total. The molecule has 1 unspecified atom stereocenters. The smallest absolute Gasteiger partial charge is 0.261 e. The highest BCUT2D eigenvalue weighted by Crippen LogP contribution is 2.27. The summed E-state index contributed by atoms with van der Waals surface area (Å²) in [6, 6.07) is 2.21. The van der Waals surface area contributed by atoms with Crippen molar-refractivity contribution in [1.82, 2.24) is 10.6 Å². The maximum absolute atomic E-state index is 12.0. The minimum atomic E-state index is 0.0532. The van der Waals surface area contributed by atoms with E-state index in [9.17, 15) is 4.79 Å². The second-order valence-corrected chi connectivity index (χ2v) is 6.81. The fraction of sp³-hybridized carbons (Fsp3) is 0.583. The van der Waals surface area contributed by atoms with Gasteiger partial charge in [0.25, 0.3) is 5.91 Å². The van der Waals surface area contributed by atoms with Gasteiger partial charge in [-0.2, -0.15) is 0 Å². The lowest BCUT2D eigenvalue weighted by atomic mass is 10.1. The molecule has 1 aromatic heterocycles. The van der Waals surface area contributed by atoms with E-state index in [-0.39, 0.29) is 11.9 Å². The average Bonchev–Trinajstić information content (AvgIpc) is 2.54. The van der Waals surface area contributed by atoms with Crippen LogP contribution in [-0.4, -0.2) is 25.0 Å². The lowest BCUT2D eigenvalue weighted by Crippen LogP contribution is -2.40. The molecule has 0 bridgehead atoms. The molecular weight excluding hydrogens is 300 g/mol. The summed E-state index contributed by atoms with van der Waals surface area (Å²) in [6.45, 7) is 3.96. The molecule has 5 heteroatoms. The zero-order valence-electron chi connectivity index (χ0n) is 9.88. The molecule has 0 spiro atoms.